The SMILES string of the molecule is CC=Cc1ccc(OCC(=O)N(C)Cc2cnn(C)c2)c(OC)c1. The lowest BCUT2D eigenvalue weighted by atomic mass is 10.2. The fraction of sp³-hybridized carbons (Fsp3) is 0.333. The summed E-state index contributed by atoms with van der Waals surface area (Å²) in [7, 11) is 5.17. The second-order valence-electron chi connectivity index (χ2n) is 5.47. The third-order valence-electron chi connectivity index (χ3n) is 3.50. The molecule has 128 valence electrons. The first-order valence-electron chi connectivity index (χ1n) is 7.68. The van der Waals surface area contributed by atoms with Crippen LogP contribution in [-0.4, -0.2) is 41.4 Å². The van der Waals surface area contributed by atoms with E-state index in [1.165, 1.54) is 0 Å². The molecule has 0 N–H and O–H groups in total. The molecule has 1 heterocycles. The fourth-order valence-corrected chi connectivity index (χ4v) is 2.26. The summed E-state index contributed by atoms with van der Waals surface area (Å²) in [5.74, 6) is 1.04. The van der Waals surface area contributed by atoms with Gasteiger partial charge in [0.1, 0.15) is 0 Å². The lowest BCUT2D eigenvalue weighted by molar-refractivity contribution is -0.132. The first kappa shape index (κ1) is 17.6. The molecule has 1 aromatic carbocycles. The van der Waals surface area contributed by atoms with Crippen molar-refractivity contribution in [2.24, 2.45) is 7.05 Å². The zero-order chi connectivity index (χ0) is 17.5. The monoisotopic (exact) mass is 329 g/mol. The number of hydrogen-bond acceptors (Lipinski definition) is 4. The molecule has 0 saturated carbocycles. The van der Waals surface area contributed by atoms with Gasteiger partial charge in [-0.1, -0.05) is 18.2 Å². The van der Waals surface area contributed by atoms with Crippen molar-refractivity contribution in [3.05, 3.63) is 47.8 Å². The Morgan fingerprint density at radius 3 is 2.79 bits per heavy atom. The maximum Gasteiger partial charge on any atom is 0.260 e. The summed E-state index contributed by atoms with van der Waals surface area (Å²) in [5, 5.41) is 4.09. The fourth-order valence-electron chi connectivity index (χ4n) is 2.26. The molecular weight excluding hydrogens is 306 g/mol. The van der Waals surface area contributed by atoms with Crippen molar-refractivity contribution >= 4 is 12.0 Å². The Labute approximate surface area is 142 Å². The summed E-state index contributed by atoms with van der Waals surface area (Å²) < 4.78 is 12.7. The summed E-state index contributed by atoms with van der Waals surface area (Å²) in [4.78, 5) is 13.8. The molecule has 0 aliphatic rings. The van der Waals surface area contributed by atoms with E-state index >= 15 is 0 Å². The van der Waals surface area contributed by atoms with Crippen molar-refractivity contribution < 1.29 is 14.3 Å². The number of ether oxygens (including phenoxy) is 2. The highest BCUT2D eigenvalue weighted by molar-refractivity contribution is 5.77. The van der Waals surface area contributed by atoms with Crippen molar-refractivity contribution in [1.82, 2.24) is 14.7 Å². The first-order valence-corrected chi connectivity index (χ1v) is 7.68. The number of aromatic nitrogens is 2. The number of carbonyl (C=O) groups is 1. The number of carbonyl (C=O) groups excluding carboxylic acids is 1. The standard InChI is InChI=1S/C18H23N3O3/c1-5-6-14-7-8-16(17(9-14)23-4)24-13-18(22)20(2)11-15-10-19-21(3)12-15/h5-10,12H,11,13H2,1-4H3. The van der Waals surface area contributed by atoms with Crippen molar-refractivity contribution in [1.29, 1.82) is 0 Å². The Morgan fingerprint density at radius 2 is 2.17 bits per heavy atom. The number of allylic oxidation sites excluding steroid dienone is 1. The van der Waals surface area contributed by atoms with E-state index in [0.29, 0.717) is 18.0 Å². The third kappa shape index (κ3) is 4.62. The van der Waals surface area contributed by atoms with Crippen LogP contribution in [0.5, 0.6) is 11.5 Å². The number of benzene rings is 1. The zero-order valence-electron chi connectivity index (χ0n) is 14.5. The summed E-state index contributed by atoms with van der Waals surface area (Å²) in [6.07, 6.45) is 7.55. The largest absolute Gasteiger partial charge is 0.493 e. The number of hydrogen-bond donors (Lipinski definition) is 0. The summed E-state index contributed by atoms with van der Waals surface area (Å²) in [6, 6.07) is 5.60. The Hall–Kier alpha value is -2.76. The first-order chi connectivity index (χ1) is 11.5. The van der Waals surface area contributed by atoms with Crippen LogP contribution in [0.3, 0.4) is 0 Å². The van der Waals surface area contributed by atoms with Gasteiger partial charge in [0.15, 0.2) is 18.1 Å². The number of methoxy groups -OCH3 is 1. The predicted molar refractivity (Wildman–Crippen MR) is 92.9 cm³/mol. The molecule has 0 radical (unpaired) electrons. The second kappa shape index (κ2) is 8.19. The number of amides is 1. The second-order valence-corrected chi connectivity index (χ2v) is 5.47. The number of nitrogens with zero attached hydrogens (tertiary/aromatic N) is 3. The molecule has 0 aliphatic heterocycles. The van der Waals surface area contributed by atoms with Gasteiger partial charge in [0.2, 0.25) is 0 Å². The van der Waals surface area contributed by atoms with Gasteiger partial charge in [0, 0.05) is 32.4 Å². The molecule has 6 nitrogen and oxygen atoms in total. The Kier molecular flexibility index (Phi) is 6.01. The molecule has 0 spiro atoms. The van der Waals surface area contributed by atoms with Crippen molar-refractivity contribution in [3.63, 3.8) is 0 Å². The lowest BCUT2D eigenvalue weighted by Gasteiger charge is -2.17. The average Bonchev–Trinajstić information content (AvgIpc) is 2.98. The molecule has 24 heavy (non-hydrogen) atoms. The lowest BCUT2D eigenvalue weighted by Crippen LogP contribution is -2.30. The number of aryl methyl sites for hydroxylation is 1. The molecule has 6 heteroatoms. The van der Waals surface area contributed by atoms with Crippen LogP contribution in [0.1, 0.15) is 18.1 Å². The maximum atomic E-state index is 12.2. The van der Waals surface area contributed by atoms with Crippen molar-refractivity contribution in [3.8, 4) is 11.5 Å². The predicted octanol–water partition coefficient (Wildman–Crippen LogP) is 2.50. The smallest absolute Gasteiger partial charge is 0.260 e. The average molecular weight is 329 g/mol. The third-order valence-corrected chi connectivity index (χ3v) is 3.50. The Bertz CT molecular complexity index is 722. The van der Waals surface area contributed by atoms with E-state index in [2.05, 4.69) is 5.10 Å². The highest BCUT2D eigenvalue weighted by Crippen LogP contribution is 2.28. The van der Waals surface area contributed by atoms with Crippen LogP contribution in [-0.2, 0) is 18.4 Å². The van der Waals surface area contributed by atoms with Gasteiger partial charge in [-0.2, -0.15) is 5.10 Å². The molecule has 2 aromatic rings. The molecule has 0 unspecified atom stereocenters. The minimum atomic E-state index is -0.113. The van der Waals surface area contributed by atoms with Gasteiger partial charge in [-0.05, 0) is 24.6 Å². The number of rotatable bonds is 7. The van der Waals surface area contributed by atoms with Gasteiger partial charge >= 0.3 is 0 Å². The van der Waals surface area contributed by atoms with Crippen LogP contribution in [0, 0.1) is 0 Å². The van der Waals surface area contributed by atoms with Crippen LogP contribution in [0.2, 0.25) is 0 Å². The van der Waals surface area contributed by atoms with E-state index in [4.69, 9.17) is 9.47 Å². The molecule has 2 rings (SSSR count). The molecule has 1 aromatic heterocycles. The minimum Gasteiger partial charge on any atom is -0.493 e. The van der Waals surface area contributed by atoms with E-state index in [1.807, 2.05) is 50.5 Å². The van der Waals surface area contributed by atoms with E-state index in [0.717, 1.165) is 11.1 Å². The number of likely N-dealkylation sites (N-methyl/N-ethyl adjacent to an activating group) is 1. The Morgan fingerprint density at radius 1 is 1.38 bits per heavy atom. The summed E-state index contributed by atoms with van der Waals surface area (Å²) >= 11 is 0. The summed E-state index contributed by atoms with van der Waals surface area (Å²) in [6.45, 7) is 2.40. The van der Waals surface area contributed by atoms with E-state index < -0.39 is 0 Å². The quantitative estimate of drug-likeness (QED) is 0.783. The van der Waals surface area contributed by atoms with Crippen molar-refractivity contribution in [2.45, 2.75) is 13.5 Å². The highest BCUT2D eigenvalue weighted by atomic mass is 16.5. The molecule has 0 fully saturated rings. The van der Waals surface area contributed by atoms with Crippen LogP contribution < -0.4 is 9.47 Å². The van der Waals surface area contributed by atoms with E-state index in [9.17, 15) is 4.79 Å². The normalized spacial score (nSPS) is 10.8. The zero-order valence-corrected chi connectivity index (χ0v) is 14.5. The van der Waals surface area contributed by atoms with Gasteiger partial charge in [-0.25, -0.2) is 0 Å². The van der Waals surface area contributed by atoms with E-state index in [-0.39, 0.29) is 12.5 Å². The molecule has 0 atom stereocenters. The van der Waals surface area contributed by atoms with Gasteiger partial charge in [-0.15, -0.1) is 0 Å². The van der Waals surface area contributed by atoms with Crippen LogP contribution in [0.4, 0.5) is 0 Å². The molecular formula is C18H23N3O3. The highest BCUT2D eigenvalue weighted by Gasteiger charge is 2.13. The van der Waals surface area contributed by atoms with Crippen LogP contribution >= 0.6 is 0 Å². The van der Waals surface area contributed by atoms with Gasteiger partial charge in [0.25, 0.3) is 5.91 Å². The minimum absolute atomic E-state index is 0.0455. The summed E-state index contributed by atoms with van der Waals surface area (Å²) in [5.41, 5.74) is 1.99. The maximum absolute atomic E-state index is 12.2. The van der Waals surface area contributed by atoms with Crippen LogP contribution in [0.25, 0.3) is 6.08 Å². The topological polar surface area (TPSA) is 56.6 Å². The molecule has 1 amide bonds. The van der Waals surface area contributed by atoms with Crippen molar-refractivity contribution in [2.75, 3.05) is 20.8 Å². The van der Waals surface area contributed by atoms with E-state index in [1.54, 1.807) is 29.9 Å². The van der Waals surface area contributed by atoms with Gasteiger partial charge in [0.05, 0.1) is 13.3 Å². The Balaban J connectivity index is 1.95. The molecule has 0 bridgehead atoms. The van der Waals surface area contributed by atoms with Gasteiger partial charge < -0.3 is 14.4 Å². The molecule has 0 saturated heterocycles. The van der Waals surface area contributed by atoms with Gasteiger partial charge in [-0.3, -0.25) is 9.48 Å². The molecule has 0 aliphatic carbocycles. The van der Waals surface area contributed by atoms with Crippen LogP contribution in [0.15, 0.2) is 36.7 Å².